The van der Waals surface area contributed by atoms with Crippen LogP contribution in [0.2, 0.25) is 0 Å². The van der Waals surface area contributed by atoms with E-state index in [9.17, 15) is 35.1 Å². The van der Waals surface area contributed by atoms with Crippen LogP contribution in [0.1, 0.15) is 367 Å². The fraction of sp³-hybridized carbons (Fsp3) is 0.848. The Morgan fingerprint density at radius 1 is 0.433 bits per heavy atom. The molecule has 1 aliphatic heterocycles. The van der Waals surface area contributed by atoms with E-state index in [2.05, 4.69) is 74.7 Å². The summed E-state index contributed by atoms with van der Waals surface area (Å²) in [5.74, 6) is -1.18. The van der Waals surface area contributed by atoms with E-state index in [0.717, 1.165) is 70.6 Å². The molecular formula is C79H145NO10. The number of rotatable bonds is 67. The molecular weight excluding hydrogens is 1120 g/mol. The molecule has 1 fully saturated rings. The lowest BCUT2D eigenvalue weighted by molar-refractivity contribution is -0.305. The third kappa shape index (κ3) is 52.7. The summed E-state index contributed by atoms with van der Waals surface area (Å²) in [5, 5.41) is 57.4. The Morgan fingerprint density at radius 2 is 0.767 bits per heavy atom. The first kappa shape index (κ1) is 85.4. The number of esters is 1. The summed E-state index contributed by atoms with van der Waals surface area (Å²) in [6, 6.07) is -1.02. The number of hydrogen-bond acceptors (Lipinski definition) is 10. The largest absolute Gasteiger partial charge is 0.454 e. The first-order valence-corrected chi connectivity index (χ1v) is 38.6. The standard InChI is InChI=1S/C79H145NO10/c1-4-7-10-13-16-19-22-25-27-29-31-33-35-37-39-41-43-45-47-49-52-55-58-61-64-67-74(84)90-77-76(86)75(85)73(68-81)89-79(77)88-69-70(71(82)65-62-59-56-53-50-24-21-18-15-12-9-6-3)80-78(87)72(83)66-63-60-57-54-51-48-46-44-42-40-38-36-34-32-30-28-26-23-20-17-14-11-8-5-2/h16,19,25-28,31,33,62,65,70-73,75-77,79,81-83,85-86H,4-15,17-18,20-24,29-30,32,34-61,63-64,66-69H2,1-3H3,(H,80,87)/b19-16-,27-25-,28-26+,33-31-,65-62+. The molecule has 0 aromatic carbocycles. The molecule has 0 spiro atoms. The predicted octanol–water partition coefficient (Wildman–Crippen LogP) is 20.5. The van der Waals surface area contributed by atoms with Crippen LogP contribution in [0.5, 0.6) is 0 Å². The highest BCUT2D eigenvalue weighted by Gasteiger charge is 2.47. The Morgan fingerprint density at radius 3 is 1.18 bits per heavy atom. The molecule has 526 valence electrons. The molecule has 1 aliphatic rings. The van der Waals surface area contributed by atoms with Crippen LogP contribution in [0, 0.1) is 0 Å². The number of nitrogens with one attached hydrogen (secondary N) is 1. The summed E-state index contributed by atoms with van der Waals surface area (Å²) >= 11 is 0. The Bertz CT molecular complexity index is 1700. The monoisotopic (exact) mass is 1270 g/mol. The number of carbonyl (C=O) groups is 2. The molecule has 1 heterocycles. The summed E-state index contributed by atoms with van der Waals surface area (Å²) in [6.45, 7) is 5.81. The van der Waals surface area contributed by atoms with Crippen molar-refractivity contribution in [2.24, 2.45) is 0 Å². The summed E-state index contributed by atoms with van der Waals surface area (Å²) < 4.78 is 17.7. The Hall–Kier alpha value is -2.64. The molecule has 0 radical (unpaired) electrons. The fourth-order valence-corrected chi connectivity index (χ4v) is 12.1. The van der Waals surface area contributed by atoms with Crippen LogP contribution < -0.4 is 5.32 Å². The van der Waals surface area contributed by atoms with Crippen molar-refractivity contribution in [2.45, 2.75) is 416 Å². The Labute approximate surface area is 554 Å². The van der Waals surface area contributed by atoms with Gasteiger partial charge in [0.25, 0.3) is 0 Å². The number of unbranched alkanes of at least 4 members (excludes halogenated alkanes) is 45. The normalized spacial score (nSPS) is 18.3. The number of ether oxygens (including phenoxy) is 3. The molecule has 8 atom stereocenters. The zero-order valence-corrected chi connectivity index (χ0v) is 58.8. The van der Waals surface area contributed by atoms with Crippen molar-refractivity contribution in [1.29, 1.82) is 0 Å². The van der Waals surface area contributed by atoms with Gasteiger partial charge in [-0.1, -0.05) is 332 Å². The lowest BCUT2D eigenvalue weighted by Crippen LogP contribution is -2.61. The Kier molecular flexibility index (Phi) is 63.0. The number of carbonyl (C=O) groups excluding carboxylic acids is 2. The first-order valence-electron chi connectivity index (χ1n) is 38.6. The maximum Gasteiger partial charge on any atom is 0.306 e. The minimum absolute atomic E-state index is 0.122. The van der Waals surface area contributed by atoms with Crippen LogP contribution >= 0.6 is 0 Å². The topological polar surface area (TPSA) is 175 Å². The SMILES string of the molecule is CCCCC/C=C\C/C=C\C/C=C\CCCCCCCCCCCCCCC(=O)OC1C(OCC(NC(=O)C(O)CCCCCCCCCCCCCCCC/C=C/CCCCCCCC)C(O)/C=C/CCCCCCCCCCCC)OC(CO)C(O)C1O. The summed E-state index contributed by atoms with van der Waals surface area (Å²) in [5.41, 5.74) is 0. The molecule has 1 amide bonds. The number of aliphatic hydroxyl groups is 5. The van der Waals surface area contributed by atoms with Crippen LogP contribution in [-0.2, 0) is 23.8 Å². The average Bonchev–Trinajstić information content (AvgIpc) is 1.18. The van der Waals surface area contributed by atoms with Crippen molar-refractivity contribution < 1.29 is 49.3 Å². The van der Waals surface area contributed by atoms with E-state index >= 15 is 0 Å². The molecule has 1 saturated heterocycles. The lowest BCUT2D eigenvalue weighted by atomic mass is 9.99. The van der Waals surface area contributed by atoms with Gasteiger partial charge in [0.15, 0.2) is 12.4 Å². The second kappa shape index (κ2) is 66.4. The van der Waals surface area contributed by atoms with E-state index in [1.54, 1.807) is 6.08 Å². The van der Waals surface area contributed by atoms with E-state index in [4.69, 9.17) is 14.2 Å². The highest BCUT2D eigenvalue weighted by atomic mass is 16.7. The number of amides is 1. The van der Waals surface area contributed by atoms with Crippen molar-refractivity contribution in [3.8, 4) is 0 Å². The van der Waals surface area contributed by atoms with Crippen LogP contribution in [0.3, 0.4) is 0 Å². The van der Waals surface area contributed by atoms with Crippen molar-refractivity contribution in [3.63, 3.8) is 0 Å². The highest BCUT2D eigenvalue weighted by molar-refractivity contribution is 5.80. The van der Waals surface area contributed by atoms with E-state index in [0.29, 0.717) is 19.3 Å². The molecule has 1 rings (SSSR count). The average molecular weight is 1270 g/mol. The lowest BCUT2D eigenvalue weighted by Gasteiger charge is -2.41. The van der Waals surface area contributed by atoms with Crippen LogP contribution in [0.4, 0.5) is 0 Å². The zero-order valence-electron chi connectivity index (χ0n) is 58.8. The van der Waals surface area contributed by atoms with Gasteiger partial charge in [0, 0.05) is 6.42 Å². The van der Waals surface area contributed by atoms with Gasteiger partial charge in [0.2, 0.25) is 5.91 Å². The van der Waals surface area contributed by atoms with E-state index in [-0.39, 0.29) is 13.0 Å². The molecule has 11 nitrogen and oxygen atoms in total. The number of allylic oxidation sites excluding steroid dienone is 9. The van der Waals surface area contributed by atoms with Gasteiger partial charge in [-0.2, -0.15) is 0 Å². The maximum atomic E-state index is 13.5. The van der Waals surface area contributed by atoms with Crippen molar-refractivity contribution in [3.05, 3.63) is 60.8 Å². The molecule has 0 aromatic heterocycles. The number of hydrogen-bond donors (Lipinski definition) is 6. The third-order valence-electron chi connectivity index (χ3n) is 18.1. The number of aliphatic hydroxyl groups excluding tert-OH is 5. The first-order chi connectivity index (χ1) is 44.2. The molecule has 6 N–H and O–H groups in total. The third-order valence-corrected chi connectivity index (χ3v) is 18.1. The zero-order chi connectivity index (χ0) is 65.3. The molecule has 0 aromatic rings. The second-order valence-electron chi connectivity index (χ2n) is 26.7. The minimum atomic E-state index is -1.62. The van der Waals surface area contributed by atoms with Gasteiger partial charge in [-0.15, -0.1) is 0 Å². The molecule has 0 bridgehead atoms. The van der Waals surface area contributed by atoms with E-state index in [1.165, 1.54) is 250 Å². The van der Waals surface area contributed by atoms with Gasteiger partial charge in [-0.3, -0.25) is 9.59 Å². The quantitative estimate of drug-likeness (QED) is 0.0195. The predicted molar refractivity (Wildman–Crippen MR) is 380 cm³/mol. The van der Waals surface area contributed by atoms with E-state index in [1.807, 2.05) is 6.08 Å². The highest BCUT2D eigenvalue weighted by Crippen LogP contribution is 2.27. The van der Waals surface area contributed by atoms with E-state index < -0.39 is 67.4 Å². The van der Waals surface area contributed by atoms with Crippen LogP contribution in [0.25, 0.3) is 0 Å². The maximum absolute atomic E-state index is 13.5. The Balaban J connectivity index is 2.52. The molecule has 11 heteroatoms. The second-order valence-corrected chi connectivity index (χ2v) is 26.7. The van der Waals surface area contributed by atoms with Gasteiger partial charge < -0.3 is 45.1 Å². The summed E-state index contributed by atoms with van der Waals surface area (Å²) in [4.78, 5) is 26.7. The van der Waals surface area contributed by atoms with Crippen LogP contribution in [0.15, 0.2) is 60.8 Å². The molecule has 0 aliphatic carbocycles. The van der Waals surface area contributed by atoms with Crippen LogP contribution in [-0.4, -0.2) is 99.6 Å². The van der Waals surface area contributed by atoms with Gasteiger partial charge >= 0.3 is 5.97 Å². The van der Waals surface area contributed by atoms with Crippen molar-refractivity contribution >= 4 is 11.9 Å². The van der Waals surface area contributed by atoms with Crippen molar-refractivity contribution in [1.82, 2.24) is 5.32 Å². The van der Waals surface area contributed by atoms with Gasteiger partial charge in [0.1, 0.15) is 24.4 Å². The van der Waals surface area contributed by atoms with Gasteiger partial charge in [0.05, 0.1) is 25.4 Å². The molecule has 90 heavy (non-hydrogen) atoms. The smallest absolute Gasteiger partial charge is 0.306 e. The van der Waals surface area contributed by atoms with Gasteiger partial charge in [-0.05, 0) is 89.9 Å². The van der Waals surface area contributed by atoms with Crippen molar-refractivity contribution in [2.75, 3.05) is 13.2 Å². The summed E-state index contributed by atoms with van der Waals surface area (Å²) in [6.07, 6.45) is 75.5. The molecule has 0 saturated carbocycles. The minimum Gasteiger partial charge on any atom is -0.454 e. The fourth-order valence-electron chi connectivity index (χ4n) is 12.1. The summed E-state index contributed by atoms with van der Waals surface area (Å²) in [7, 11) is 0. The molecule has 8 unspecified atom stereocenters. The van der Waals surface area contributed by atoms with Gasteiger partial charge in [-0.25, -0.2) is 0 Å².